The molecule has 2 aromatic carbocycles. The molecule has 0 saturated heterocycles. The van der Waals surface area contributed by atoms with Crippen LogP contribution in [0, 0.1) is 0 Å². The highest BCUT2D eigenvalue weighted by atomic mass is 32.2. The third-order valence-corrected chi connectivity index (χ3v) is 5.79. The normalized spacial score (nSPS) is 11.5. The van der Waals surface area contributed by atoms with Gasteiger partial charge in [-0.05, 0) is 24.6 Å². The Hall–Kier alpha value is -3.04. The number of nitrogens with zero attached hydrogens (tertiary/aromatic N) is 2. The van der Waals surface area contributed by atoms with Crippen molar-refractivity contribution in [2.24, 2.45) is 5.14 Å². The van der Waals surface area contributed by atoms with E-state index in [1.54, 1.807) is 30.3 Å². The minimum Gasteiger partial charge on any atom is -0.457 e. The van der Waals surface area contributed by atoms with Gasteiger partial charge in [-0.15, -0.1) is 0 Å². The molecule has 9 heteroatoms. The van der Waals surface area contributed by atoms with Crippen molar-refractivity contribution in [2.45, 2.75) is 50.7 Å². The van der Waals surface area contributed by atoms with Crippen LogP contribution >= 0.6 is 0 Å². The molecule has 3 aromatic rings. The molecule has 0 bridgehead atoms. The summed E-state index contributed by atoms with van der Waals surface area (Å²) in [5.74, 6) is -0.107. The van der Waals surface area contributed by atoms with Crippen LogP contribution in [-0.2, 0) is 32.7 Å². The van der Waals surface area contributed by atoms with Gasteiger partial charge in [0.05, 0.1) is 22.3 Å². The van der Waals surface area contributed by atoms with E-state index in [1.165, 1.54) is 12.1 Å². The molecule has 0 spiro atoms. The number of ether oxygens (including phenoxy) is 1. The number of unbranched alkanes of at least 4 members (excludes halogenated alkanes) is 1. The Bertz CT molecular complexity index is 1190. The van der Waals surface area contributed by atoms with Crippen molar-refractivity contribution in [1.82, 2.24) is 9.55 Å². The number of carbonyl (C=O) groups is 2. The zero-order chi connectivity index (χ0) is 22.4. The summed E-state index contributed by atoms with van der Waals surface area (Å²) >= 11 is 0. The van der Waals surface area contributed by atoms with Gasteiger partial charge in [0.25, 0.3) is 0 Å². The quantitative estimate of drug-likeness (QED) is 0.379. The van der Waals surface area contributed by atoms with Gasteiger partial charge in [0.2, 0.25) is 10.0 Å². The topological polar surface area (TPSA) is 121 Å². The maximum Gasteiger partial charge on any atom is 0.306 e. The number of Topliss-reactive ketones (excluding diaryl/α,β-unsaturated/α-hetero) is 1. The van der Waals surface area contributed by atoms with Gasteiger partial charge in [-0.2, -0.15) is 0 Å². The highest BCUT2D eigenvalue weighted by Crippen LogP contribution is 2.21. The fraction of sp³-hybridized carbons (Fsp3) is 0.318. The summed E-state index contributed by atoms with van der Waals surface area (Å²) in [6, 6.07) is 13.3. The van der Waals surface area contributed by atoms with Crippen molar-refractivity contribution < 1.29 is 22.7 Å². The van der Waals surface area contributed by atoms with Crippen LogP contribution in [0.4, 0.5) is 0 Å². The van der Waals surface area contributed by atoms with E-state index >= 15 is 0 Å². The minimum absolute atomic E-state index is 0.0249. The van der Waals surface area contributed by atoms with Crippen molar-refractivity contribution in [3.8, 4) is 0 Å². The molecule has 31 heavy (non-hydrogen) atoms. The highest BCUT2D eigenvalue weighted by molar-refractivity contribution is 7.89. The molecule has 0 aliphatic heterocycles. The summed E-state index contributed by atoms with van der Waals surface area (Å²) in [6.45, 7) is 2.64. The molecule has 8 nitrogen and oxygen atoms in total. The zero-order valence-electron chi connectivity index (χ0n) is 17.3. The van der Waals surface area contributed by atoms with Crippen molar-refractivity contribution in [1.29, 1.82) is 0 Å². The molecule has 0 aliphatic carbocycles. The number of carbonyl (C=O) groups excluding carboxylic acids is 2. The summed E-state index contributed by atoms with van der Waals surface area (Å²) in [6.07, 6.45) is 1.87. The van der Waals surface area contributed by atoms with Gasteiger partial charge in [0.15, 0.2) is 5.78 Å². The Morgan fingerprint density at radius 1 is 1.10 bits per heavy atom. The molecule has 3 rings (SSSR count). The second-order valence-electron chi connectivity index (χ2n) is 7.18. The maximum atomic E-state index is 12.2. The van der Waals surface area contributed by atoms with Gasteiger partial charge in [-0.1, -0.05) is 43.7 Å². The van der Waals surface area contributed by atoms with Crippen molar-refractivity contribution in [3.63, 3.8) is 0 Å². The van der Waals surface area contributed by atoms with Crippen molar-refractivity contribution in [3.05, 3.63) is 59.9 Å². The molecule has 2 N–H and O–H groups in total. The van der Waals surface area contributed by atoms with E-state index in [0.29, 0.717) is 23.4 Å². The van der Waals surface area contributed by atoms with Gasteiger partial charge >= 0.3 is 5.97 Å². The number of aromatic nitrogens is 2. The van der Waals surface area contributed by atoms with Gasteiger partial charge in [-0.25, -0.2) is 18.5 Å². The number of rotatable bonds is 10. The number of aryl methyl sites for hydroxylation is 1. The Kier molecular flexibility index (Phi) is 7.19. The predicted octanol–water partition coefficient (Wildman–Crippen LogP) is 3.19. The van der Waals surface area contributed by atoms with E-state index in [0.717, 1.165) is 18.4 Å². The third kappa shape index (κ3) is 5.77. The van der Waals surface area contributed by atoms with Crippen molar-refractivity contribution >= 4 is 32.8 Å². The monoisotopic (exact) mass is 443 g/mol. The number of imidazole rings is 1. The summed E-state index contributed by atoms with van der Waals surface area (Å²) in [5, 5.41) is 5.21. The van der Waals surface area contributed by atoms with Crippen LogP contribution in [0.2, 0.25) is 0 Å². The van der Waals surface area contributed by atoms with E-state index in [4.69, 9.17) is 9.88 Å². The molecule has 0 atom stereocenters. The first kappa shape index (κ1) is 22.6. The lowest BCUT2D eigenvalue weighted by atomic mass is 10.1. The smallest absolute Gasteiger partial charge is 0.306 e. The number of ketones is 1. The van der Waals surface area contributed by atoms with Crippen molar-refractivity contribution in [2.75, 3.05) is 0 Å². The number of nitrogens with two attached hydrogens (primary N) is 1. The molecular weight excluding hydrogens is 418 g/mol. The van der Waals surface area contributed by atoms with Crippen LogP contribution in [0.15, 0.2) is 53.4 Å². The van der Waals surface area contributed by atoms with Gasteiger partial charge in [0, 0.05) is 18.5 Å². The average molecular weight is 444 g/mol. The third-order valence-electron chi connectivity index (χ3n) is 4.88. The van der Waals surface area contributed by atoms with Crippen LogP contribution in [0.25, 0.3) is 11.0 Å². The molecule has 164 valence electrons. The Labute approximate surface area is 181 Å². The Morgan fingerprint density at radius 2 is 1.84 bits per heavy atom. The highest BCUT2D eigenvalue weighted by Gasteiger charge is 2.16. The van der Waals surface area contributed by atoms with Crippen LogP contribution in [0.3, 0.4) is 0 Å². The average Bonchev–Trinajstić information content (AvgIpc) is 3.11. The fourth-order valence-electron chi connectivity index (χ4n) is 3.21. The summed E-state index contributed by atoms with van der Waals surface area (Å²) in [4.78, 5) is 28.7. The van der Waals surface area contributed by atoms with Crippen LogP contribution in [-0.4, -0.2) is 29.7 Å². The van der Waals surface area contributed by atoms with E-state index in [-0.39, 0.29) is 30.1 Å². The predicted molar refractivity (Wildman–Crippen MR) is 116 cm³/mol. The van der Waals surface area contributed by atoms with E-state index in [1.807, 2.05) is 10.6 Å². The Morgan fingerprint density at radius 3 is 2.52 bits per heavy atom. The van der Waals surface area contributed by atoms with E-state index in [2.05, 4.69) is 11.9 Å². The molecule has 0 fully saturated rings. The molecule has 0 amide bonds. The summed E-state index contributed by atoms with van der Waals surface area (Å²) < 4.78 is 30.5. The number of sulfonamides is 1. The van der Waals surface area contributed by atoms with Gasteiger partial charge in [-0.3, -0.25) is 9.59 Å². The van der Waals surface area contributed by atoms with Crippen LogP contribution in [0.1, 0.15) is 48.8 Å². The Balaban J connectivity index is 1.70. The largest absolute Gasteiger partial charge is 0.457 e. The molecule has 0 radical (unpaired) electrons. The molecule has 0 aliphatic rings. The number of esters is 1. The van der Waals surface area contributed by atoms with Crippen LogP contribution < -0.4 is 5.14 Å². The molecule has 0 saturated carbocycles. The van der Waals surface area contributed by atoms with E-state index < -0.39 is 16.0 Å². The molecular formula is C22H25N3O5S. The number of hydrogen-bond acceptors (Lipinski definition) is 6. The number of hydrogen-bond donors (Lipinski definition) is 1. The van der Waals surface area contributed by atoms with Crippen LogP contribution in [0.5, 0.6) is 0 Å². The lowest BCUT2D eigenvalue weighted by Crippen LogP contribution is -2.12. The van der Waals surface area contributed by atoms with E-state index in [9.17, 15) is 18.0 Å². The summed E-state index contributed by atoms with van der Waals surface area (Å²) in [5.41, 5.74) is 1.77. The summed E-state index contributed by atoms with van der Waals surface area (Å²) in [7, 11) is -3.85. The lowest BCUT2D eigenvalue weighted by molar-refractivity contribution is -0.145. The van der Waals surface area contributed by atoms with Gasteiger partial charge in [0.1, 0.15) is 12.4 Å². The first-order valence-electron chi connectivity index (χ1n) is 10.1. The second kappa shape index (κ2) is 9.84. The zero-order valence-corrected chi connectivity index (χ0v) is 18.1. The maximum absolute atomic E-state index is 12.2. The first-order chi connectivity index (χ1) is 14.8. The lowest BCUT2D eigenvalue weighted by Gasteiger charge is -2.09. The number of fused-ring (bicyclic) bond motifs is 1. The number of primary sulfonamides is 1. The molecule has 1 heterocycles. The fourth-order valence-corrected chi connectivity index (χ4v) is 3.75. The SMILES string of the molecule is CCCCn1c(COC(=O)CCC(=O)c2ccccc2)nc2cc(S(N)(=O)=O)ccc21. The molecule has 1 aromatic heterocycles. The number of benzene rings is 2. The minimum atomic E-state index is -3.85. The molecule has 0 unspecified atom stereocenters. The van der Waals surface area contributed by atoms with Gasteiger partial charge < -0.3 is 9.30 Å². The standard InChI is InChI=1S/C22H25N3O5S/c1-2-3-13-25-19-10-9-17(31(23,28)29)14-18(19)24-21(25)15-30-22(27)12-11-20(26)16-7-5-4-6-8-16/h4-10,14H,2-3,11-13,15H2,1H3,(H2,23,28,29). The second-order valence-corrected chi connectivity index (χ2v) is 8.74. The first-order valence-corrected chi connectivity index (χ1v) is 11.6.